The molecule has 3 aromatic rings. The first kappa shape index (κ1) is 20.0. The Bertz CT molecular complexity index is 895. The molecule has 1 heterocycles. The lowest BCUT2D eigenvalue weighted by atomic mass is 10.1. The molecule has 0 atom stereocenters. The number of rotatable bonds is 9. The first-order valence-corrected chi connectivity index (χ1v) is 9.86. The predicted octanol–water partition coefficient (Wildman–Crippen LogP) is 3.94. The monoisotopic (exact) mass is 397 g/mol. The molecule has 2 aromatic carbocycles. The van der Waals surface area contributed by atoms with Crippen molar-refractivity contribution in [1.82, 2.24) is 9.55 Å². The highest BCUT2D eigenvalue weighted by Crippen LogP contribution is 2.27. The Labute approximate surface area is 168 Å². The molecular formula is C21H23N3O3S. The summed E-state index contributed by atoms with van der Waals surface area (Å²) in [5.74, 6) is 1.02. The number of imidazole rings is 1. The van der Waals surface area contributed by atoms with E-state index in [1.165, 1.54) is 11.8 Å². The average Bonchev–Trinajstić information content (AvgIpc) is 3.14. The third-order valence-electron chi connectivity index (χ3n) is 4.11. The van der Waals surface area contributed by atoms with Crippen LogP contribution in [0.15, 0.2) is 66.0 Å². The fraction of sp³-hybridized carbons (Fsp3) is 0.238. The van der Waals surface area contributed by atoms with Crippen molar-refractivity contribution in [2.45, 2.75) is 11.7 Å². The zero-order valence-corrected chi connectivity index (χ0v) is 16.7. The standard InChI is InChI=1S/C21H23N3O3S/c1-26-13-12-24-19(16-8-10-18(27-2)11-9-16)14-22-21(24)28-15-20(25)23-17-6-4-3-5-7-17/h3-11,14H,12-13,15H2,1-2H3,(H,23,25). The maximum absolute atomic E-state index is 12.3. The molecule has 0 radical (unpaired) electrons. The third-order valence-corrected chi connectivity index (χ3v) is 5.10. The molecule has 0 unspecified atom stereocenters. The Balaban J connectivity index is 1.72. The van der Waals surface area contributed by atoms with Crippen LogP contribution in [0.3, 0.4) is 0 Å². The van der Waals surface area contributed by atoms with Gasteiger partial charge in [-0.2, -0.15) is 0 Å². The maximum Gasteiger partial charge on any atom is 0.234 e. The molecule has 0 bridgehead atoms. The molecular weight excluding hydrogens is 374 g/mol. The van der Waals surface area contributed by atoms with Crippen molar-refractivity contribution in [3.63, 3.8) is 0 Å². The molecule has 1 aromatic heterocycles. The van der Waals surface area contributed by atoms with Gasteiger partial charge < -0.3 is 19.4 Å². The van der Waals surface area contributed by atoms with Crippen LogP contribution in [0.5, 0.6) is 5.75 Å². The van der Waals surface area contributed by atoms with Gasteiger partial charge in [-0.3, -0.25) is 4.79 Å². The van der Waals surface area contributed by atoms with Crippen molar-refractivity contribution in [3.05, 3.63) is 60.8 Å². The second-order valence-corrected chi connectivity index (χ2v) is 6.94. The normalized spacial score (nSPS) is 10.6. The number of amides is 1. The summed E-state index contributed by atoms with van der Waals surface area (Å²) in [5.41, 5.74) is 2.80. The number of aromatic nitrogens is 2. The van der Waals surface area contributed by atoms with Gasteiger partial charge in [0, 0.05) is 24.9 Å². The zero-order valence-electron chi connectivity index (χ0n) is 15.9. The van der Waals surface area contributed by atoms with E-state index in [4.69, 9.17) is 9.47 Å². The van der Waals surface area contributed by atoms with Crippen molar-refractivity contribution >= 4 is 23.4 Å². The van der Waals surface area contributed by atoms with Crippen molar-refractivity contribution in [1.29, 1.82) is 0 Å². The number of nitrogens with one attached hydrogen (secondary N) is 1. The molecule has 0 spiro atoms. The number of nitrogens with zero attached hydrogens (tertiary/aromatic N) is 2. The van der Waals surface area contributed by atoms with Crippen molar-refractivity contribution in [2.75, 3.05) is 31.9 Å². The minimum atomic E-state index is -0.0662. The van der Waals surface area contributed by atoms with Gasteiger partial charge in [0.1, 0.15) is 5.75 Å². The van der Waals surface area contributed by atoms with E-state index in [9.17, 15) is 4.79 Å². The number of ether oxygens (including phenoxy) is 2. The van der Waals surface area contributed by atoms with E-state index in [0.29, 0.717) is 13.2 Å². The number of benzene rings is 2. The summed E-state index contributed by atoms with van der Waals surface area (Å²) >= 11 is 1.41. The molecule has 0 aliphatic rings. The summed E-state index contributed by atoms with van der Waals surface area (Å²) in [4.78, 5) is 16.8. The SMILES string of the molecule is COCCn1c(-c2ccc(OC)cc2)cnc1SCC(=O)Nc1ccccc1. The van der Waals surface area contributed by atoms with Gasteiger partial charge in [-0.05, 0) is 36.4 Å². The van der Waals surface area contributed by atoms with Crippen LogP contribution in [-0.4, -0.2) is 42.0 Å². The molecule has 0 aliphatic carbocycles. The molecule has 146 valence electrons. The van der Waals surface area contributed by atoms with E-state index in [0.717, 1.165) is 27.9 Å². The van der Waals surface area contributed by atoms with Crippen LogP contribution in [0, 0.1) is 0 Å². The van der Waals surface area contributed by atoms with Crippen molar-refractivity contribution < 1.29 is 14.3 Å². The Morgan fingerprint density at radius 2 is 1.86 bits per heavy atom. The summed E-state index contributed by atoms with van der Waals surface area (Å²) in [6.07, 6.45) is 1.83. The van der Waals surface area contributed by atoms with Gasteiger partial charge in [-0.25, -0.2) is 4.98 Å². The van der Waals surface area contributed by atoms with Crippen LogP contribution >= 0.6 is 11.8 Å². The van der Waals surface area contributed by atoms with E-state index in [-0.39, 0.29) is 11.7 Å². The fourth-order valence-corrected chi connectivity index (χ4v) is 3.52. The topological polar surface area (TPSA) is 65.4 Å². The maximum atomic E-state index is 12.3. The molecule has 28 heavy (non-hydrogen) atoms. The molecule has 3 rings (SSSR count). The van der Waals surface area contributed by atoms with Gasteiger partial charge >= 0.3 is 0 Å². The van der Waals surface area contributed by atoms with Crippen molar-refractivity contribution in [2.24, 2.45) is 0 Å². The number of thioether (sulfide) groups is 1. The highest BCUT2D eigenvalue weighted by atomic mass is 32.2. The Kier molecular flexibility index (Phi) is 7.11. The van der Waals surface area contributed by atoms with Crippen molar-refractivity contribution in [3.8, 4) is 17.0 Å². The number of carbonyl (C=O) groups excluding carboxylic acids is 1. The Morgan fingerprint density at radius 1 is 1.11 bits per heavy atom. The smallest absolute Gasteiger partial charge is 0.234 e. The Morgan fingerprint density at radius 3 is 2.54 bits per heavy atom. The molecule has 0 saturated heterocycles. The second kappa shape index (κ2) is 9.96. The van der Waals surface area contributed by atoms with E-state index in [1.807, 2.05) is 60.8 Å². The lowest BCUT2D eigenvalue weighted by molar-refractivity contribution is -0.113. The number of para-hydroxylation sites is 1. The van der Waals surface area contributed by atoms with Crippen LogP contribution in [-0.2, 0) is 16.1 Å². The van der Waals surface area contributed by atoms with Crippen LogP contribution in [0.4, 0.5) is 5.69 Å². The largest absolute Gasteiger partial charge is 0.497 e. The lowest BCUT2D eigenvalue weighted by Gasteiger charge is -2.12. The number of methoxy groups -OCH3 is 2. The van der Waals surface area contributed by atoms with Crippen LogP contribution < -0.4 is 10.1 Å². The highest BCUT2D eigenvalue weighted by molar-refractivity contribution is 7.99. The van der Waals surface area contributed by atoms with Crippen LogP contribution in [0.25, 0.3) is 11.3 Å². The Hall–Kier alpha value is -2.77. The van der Waals surface area contributed by atoms with E-state index < -0.39 is 0 Å². The molecule has 1 N–H and O–H groups in total. The molecule has 0 fully saturated rings. The first-order valence-electron chi connectivity index (χ1n) is 8.88. The van der Waals surface area contributed by atoms with Gasteiger partial charge in [0.2, 0.25) is 5.91 Å². The van der Waals surface area contributed by atoms with Gasteiger partial charge in [0.25, 0.3) is 0 Å². The number of hydrogen-bond acceptors (Lipinski definition) is 5. The molecule has 0 saturated carbocycles. The zero-order chi connectivity index (χ0) is 19.8. The van der Waals surface area contributed by atoms with Crippen LogP contribution in [0.2, 0.25) is 0 Å². The highest BCUT2D eigenvalue weighted by Gasteiger charge is 2.14. The number of carbonyl (C=O) groups is 1. The summed E-state index contributed by atoms with van der Waals surface area (Å²) < 4.78 is 12.5. The third kappa shape index (κ3) is 5.15. The first-order chi connectivity index (χ1) is 13.7. The van der Waals surface area contributed by atoms with Gasteiger partial charge in [0.05, 0.1) is 31.4 Å². The van der Waals surface area contributed by atoms with Gasteiger partial charge in [-0.1, -0.05) is 30.0 Å². The summed E-state index contributed by atoms with van der Waals surface area (Å²) in [7, 11) is 3.32. The summed E-state index contributed by atoms with van der Waals surface area (Å²) in [6, 6.07) is 17.3. The quantitative estimate of drug-likeness (QED) is 0.554. The minimum Gasteiger partial charge on any atom is -0.497 e. The lowest BCUT2D eigenvalue weighted by Crippen LogP contribution is -2.15. The van der Waals surface area contributed by atoms with E-state index >= 15 is 0 Å². The van der Waals surface area contributed by atoms with E-state index in [1.54, 1.807) is 14.2 Å². The molecule has 6 nitrogen and oxygen atoms in total. The molecule has 0 aliphatic heterocycles. The van der Waals surface area contributed by atoms with Crippen LogP contribution in [0.1, 0.15) is 0 Å². The molecule has 7 heteroatoms. The summed E-state index contributed by atoms with van der Waals surface area (Å²) in [6.45, 7) is 1.21. The number of anilines is 1. The second-order valence-electron chi connectivity index (χ2n) is 6.00. The molecule has 1 amide bonds. The summed E-state index contributed by atoms with van der Waals surface area (Å²) in [5, 5.41) is 3.67. The van der Waals surface area contributed by atoms with Gasteiger partial charge in [0.15, 0.2) is 5.16 Å². The predicted molar refractivity (Wildman–Crippen MR) is 112 cm³/mol. The number of hydrogen-bond donors (Lipinski definition) is 1. The fourth-order valence-electron chi connectivity index (χ4n) is 2.71. The minimum absolute atomic E-state index is 0.0662. The van der Waals surface area contributed by atoms with Gasteiger partial charge in [-0.15, -0.1) is 0 Å². The van der Waals surface area contributed by atoms with E-state index in [2.05, 4.69) is 14.9 Å². The average molecular weight is 398 g/mol.